The second-order valence-corrected chi connectivity index (χ2v) is 9.44. The van der Waals surface area contributed by atoms with Gasteiger partial charge in [0.15, 0.2) is 0 Å². The molecular weight excluding hydrogens is 451 g/mol. The number of rotatable bonds is 4. The number of aryl methyl sites for hydroxylation is 1. The molecule has 4 heterocycles. The second kappa shape index (κ2) is 7.72. The van der Waals surface area contributed by atoms with Gasteiger partial charge in [-0.05, 0) is 57.4 Å². The number of anilines is 1. The maximum atomic E-state index is 13.7. The van der Waals surface area contributed by atoms with Crippen LogP contribution in [0.4, 0.5) is 10.2 Å². The lowest BCUT2D eigenvalue weighted by Gasteiger charge is -2.28. The SMILES string of the molecule is Cc1oc2ncnc(NC3(C)CC3)c2c1C(=O)N1CCc2c(nc(-c3ccc(F)cc3)[nH]c2=O)C1. The van der Waals surface area contributed by atoms with Crippen LogP contribution in [0, 0.1) is 12.7 Å². The van der Waals surface area contributed by atoms with Gasteiger partial charge in [0.1, 0.15) is 29.5 Å². The number of nitrogens with one attached hydrogen (secondary N) is 2. The number of aromatic nitrogens is 4. The van der Waals surface area contributed by atoms with Crippen LogP contribution >= 0.6 is 0 Å². The minimum Gasteiger partial charge on any atom is -0.442 e. The summed E-state index contributed by atoms with van der Waals surface area (Å²) in [6.07, 6.45) is 3.86. The number of carbonyl (C=O) groups excluding carboxylic acids is 1. The standard InChI is InChI=1S/C25H23FN6O3/c1-13-18(19-21(31-25(2)8-9-25)27-12-28-23(19)35-13)24(34)32-10-7-16-17(11-32)29-20(30-22(16)33)14-3-5-15(26)6-4-14/h3-6,12H,7-11H2,1-2H3,(H,27,28,31)(H,29,30,33). The Hall–Kier alpha value is -4.08. The van der Waals surface area contributed by atoms with Gasteiger partial charge in [0.05, 0.1) is 23.2 Å². The highest BCUT2D eigenvalue weighted by atomic mass is 19.1. The smallest absolute Gasteiger partial charge is 0.258 e. The number of hydrogen-bond donors (Lipinski definition) is 2. The van der Waals surface area contributed by atoms with Crippen molar-refractivity contribution in [2.75, 3.05) is 11.9 Å². The van der Waals surface area contributed by atoms with Gasteiger partial charge in [0.25, 0.3) is 11.5 Å². The Kier molecular flexibility index (Phi) is 4.73. The number of amides is 1. The zero-order valence-electron chi connectivity index (χ0n) is 19.3. The lowest BCUT2D eigenvalue weighted by Crippen LogP contribution is -2.39. The average molecular weight is 474 g/mol. The first-order valence-corrected chi connectivity index (χ1v) is 11.5. The summed E-state index contributed by atoms with van der Waals surface area (Å²) >= 11 is 0. The number of hydrogen-bond acceptors (Lipinski definition) is 7. The molecule has 1 saturated carbocycles. The maximum Gasteiger partial charge on any atom is 0.258 e. The number of benzene rings is 1. The Morgan fingerprint density at radius 3 is 2.74 bits per heavy atom. The monoisotopic (exact) mass is 474 g/mol. The van der Waals surface area contributed by atoms with Crippen LogP contribution in [-0.2, 0) is 13.0 Å². The molecular formula is C25H23FN6O3. The van der Waals surface area contributed by atoms with Crippen molar-refractivity contribution in [1.82, 2.24) is 24.8 Å². The fraction of sp³-hybridized carbons (Fsp3) is 0.320. The van der Waals surface area contributed by atoms with E-state index in [4.69, 9.17) is 4.42 Å². The topological polar surface area (TPSA) is 117 Å². The third-order valence-electron chi connectivity index (χ3n) is 6.78. The van der Waals surface area contributed by atoms with Crippen molar-refractivity contribution < 1.29 is 13.6 Å². The zero-order chi connectivity index (χ0) is 24.3. The van der Waals surface area contributed by atoms with Crippen LogP contribution in [0.3, 0.4) is 0 Å². The molecule has 0 atom stereocenters. The number of aromatic amines is 1. The Bertz CT molecular complexity index is 1540. The van der Waals surface area contributed by atoms with Crippen LogP contribution in [0.25, 0.3) is 22.5 Å². The zero-order valence-corrected chi connectivity index (χ0v) is 19.3. The van der Waals surface area contributed by atoms with Crippen molar-refractivity contribution in [1.29, 1.82) is 0 Å². The van der Waals surface area contributed by atoms with Gasteiger partial charge in [-0.1, -0.05) is 0 Å². The van der Waals surface area contributed by atoms with Crippen molar-refractivity contribution >= 4 is 22.8 Å². The molecule has 9 nitrogen and oxygen atoms in total. The van der Waals surface area contributed by atoms with E-state index in [1.165, 1.54) is 18.5 Å². The van der Waals surface area contributed by atoms with E-state index in [9.17, 15) is 14.0 Å². The molecule has 1 fully saturated rings. The molecule has 178 valence electrons. The maximum absolute atomic E-state index is 13.7. The molecule has 3 aromatic heterocycles. The van der Waals surface area contributed by atoms with Crippen LogP contribution in [-0.4, -0.2) is 42.8 Å². The fourth-order valence-corrected chi connectivity index (χ4v) is 4.51. The van der Waals surface area contributed by atoms with Gasteiger partial charge in [0.2, 0.25) is 5.71 Å². The summed E-state index contributed by atoms with van der Waals surface area (Å²) in [5, 5.41) is 4.00. The first kappa shape index (κ1) is 21.5. The van der Waals surface area contributed by atoms with E-state index < -0.39 is 0 Å². The van der Waals surface area contributed by atoms with Crippen molar-refractivity contribution in [2.24, 2.45) is 0 Å². The van der Waals surface area contributed by atoms with Gasteiger partial charge < -0.3 is 19.6 Å². The molecule has 1 amide bonds. The van der Waals surface area contributed by atoms with Crippen LogP contribution in [0.1, 0.15) is 47.1 Å². The van der Waals surface area contributed by atoms with E-state index in [-0.39, 0.29) is 29.4 Å². The average Bonchev–Trinajstić information content (AvgIpc) is 3.46. The predicted molar refractivity (Wildman–Crippen MR) is 126 cm³/mol. The second-order valence-electron chi connectivity index (χ2n) is 9.44. The van der Waals surface area contributed by atoms with Gasteiger partial charge in [-0.25, -0.2) is 19.3 Å². The molecule has 0 saturated heterocycles. The van der Waals surface area contributed by atoms with Gasteiger partial charge in [-0.2, -0.15) is 0 Å². The third kappa shape index (κ3) is 3.74. The Labute approximate surface area is 199 Å². The van der Waals surface area contributed by atoms with Crippen molar-refractivity contribution in [2.45, 2.75) is 45.2 Å². The van der Waals surface area contributed by atoms with Crippen molar-refractivity contribution in [3.8, 4) is 11.4 Å². The third-order valence-corrected chi connectivity index (χ3v) is 6.78. The summed E-state index contributed by atoms with van der Waals surface area (Å²) < 4.78 is 19.2. The number of fused-ring (bicyclic) bond motifs is 2. The number of nitrogens with zero attached hydrogens (tertiary/aromatic N) is 4. The molecule has 1 aliphatic heterocycles. The first-order chi connectivity index (χ1) is 16.8. The molecule has 1 aromatic carbocycles. The van der Waals surface area contributed by atoms with Crippen LogP contribution in [0.15, 0.2) is 39.8 Å². The minimum absolute atomic E-state index is 0.0431. The number of carbonyl (C=O) groups is 1. The molecule has 0 radical (unpaired) electrons. The minimum atomic E-state index is -0.373. The Balaban J connectivity index is 1.36. The quantitative estimate of drug-likeness (QED) is 0.464. The fourth-order valence-electron chi connectivity index (χ4n) is 4.51. The Morgan fingerprint density at radius 1 is 1.23 bits per heavy atom. The van der Waals surface area contributed by atoms with E-state index >= 15 is 0 Å². The summed E-state index contributed by atoms with van der Waals surface area (Å²) in [7, 11) is 0. The van der Waals surface area contributed by atoms with Gasteiger partial charge in [-0.15, -0.1) is 0 Å². The molecule has 2 aliphatic rings. The summed E-state index contributed by atoms with van der Waals surface area (Å²) in [6.45, 7) is 4.39. The molecule has 0 spiro atoms. The molecule has 0 bridgehead atoms. The van der Waals surface area contributed by atoms with E-state index in [2.05, 4.69) is 32.2 Å². The summed E-state index contributed by atoms with van der Waals surface area (Å²) in [4.78, 5) is 44.2. The van der Waals surface area contributed by atoms with E-state index in [0.717, 1.165) is 12.8 Å². The summed E-state index contributed by atoms with van der Waals surface area (Å²) in [6, 6.07) is 5.74. The van der Waals surface area contributed by atoms with Gasteiger partial charge in [0, 0.05) is 23.2 Å². The van der Waals surface area contributed by atoms with E-state index in [1.807, 2.05) is 0 Å². The molecule has 35 heavy (non-hydrogen) atoms. The number of halogens is 1. The van der Waals surface area contributed by atoms with E-state index in [0.29, 0.717) is 63.9 Å². The normalized spacial score (nSPS) is 16.3. The molecule has 10 heteroatoms. The lowest BCUT2D eigenvalue weighted by atomic mass is 10.0. The highest BCUT2D eigenvalue weighted by molar-refractivity contribution is 6.10. The number of furan rings is 1. The molecule has 1 aliphatic carbocycles. The molecule has 4 aromatic rings. The molecule has 2 N–H and O–H groups in total. The summed E-state index contributed by atoms with van der Waals surface area (Å²) in [5.74, 6) is 0.788. The number of H-pyrrole nitrogens is 1. The largest absolute Gasteiger partial charge is 0.442 e. The van der Waals surface area contributed by atoms with Crippen molar-refractivity contribution in [3.05, 3.63) is 69.3 Å². The van der Waals surface area contributed by atoms with E-state index in [1.54, 1.807) is 24.0 Å². The lowest BCUT2D eigenvalue weighted by molar-refractivity contribution is 0.0731. The van der Waals surface area contributed by atoms with Crippen LogP contribution in [0.2, 0.25) is 0 Å². The predicted octanol–water partition coefficient (Wildman–Crippen LogP) is 3.58. The van der Waals surface area contributed by atoms with Crippen LogP contribution in [0.5, 0.6) is 0 Å². The Morgan fingerprint density at radius 2 is 2.00 bits per heavy atom. The molecule has 0 unspecified atom stereocenters. The highest BCUT2D eigenvalue weighted by Gasteiger charge is 2.39. The summed E-state index contributed by atoms with van der Waals surface area (Å²) in [5.41, 5.74) is 2.16. The van der Waals surface area contributed by atoms with Gasteiger partial charge in [-0.3, -0.25) is 9.59 Å². The van der Waals surface area contributed by atoms with Crippen molar-refractivity contribution in [3.63, 3.8) is 0 Å². The first-order valence-electron chi connectivity index (χ1n) is 11.5. The highest BCUT2D eigenvalue weighted by Crippen LogP contribution is 2.40. The van der Waals surface area contributed by atoms with Crippen LogP contribution < -0.4 is 10.9 Å². The molecule has 6 rings (SSSR count). The van der Waals surface area contributed by atoms with Gasteiger partial charge >= 0.3 is 0 Å².